The fourth-order valence-electron chi connectivity index (χ4n) is 26.5. The molecule has 8 nitrogen and oxygen atoms in total. The largest absolute Gasteiger partial charge is 0.498 e. The number of hydrogen-bond donors (Lipinski definition) is 0. The monoisotopic (exact) mass is 1860 g/mol. The second-order valence-electron chi connectivity index (χ2n) is 53.7. The smallest absolute Gasteiger partial charge is 0.296 e. The molecule has 0 saturated heterocycles. The van der Waals surface area contributed by atoms with Gasteiger partial charge in [-0.3, -0.25) is 0 Å². The van der Waals surface area contributed by atoms with Crippen molar-refractivity contribution in [2.24, 2.45) is 10.8 Å². The van der Waals surface area contributed by atoms with Gasteiger partial charge in [-0.2, -0.15) is 0 Å². The summed E-state index contributed by atoms with van der Waals surface area (Å²) in [7, 11) is 0. The molecule has 8 atom stereocenters. The van der Waals surface area contributed by atoms with E-state index in [4.69, 9.17) is 21.1 Å². The lowest BCUT2D eigenvalue weighted by atomic mass is 9.35. The predicted molar refractivity (Wildman–Crippen MR) is 592 cm³/mol. The van der Waals surface area contributed by atoms with Gasteiger partial charge < -0.3 is 38.9 Å². The normalized spacial score (nSPS) is 25.4. The van der Waals surface area contributed by atoms with Crippen LogP contribution in [0.25, 0.3) is 0 Å². The van der Waals surface area contributed by atoms with Crippen LogP contribution in [0.2, 0.25) is 5.02 Å². The van der Waals surface area contributed by atoms with Crippen LogP contribution in [0.5, 0.6) is 0 Å². The number of halogens is 1. The SMILES string of the molecule is CC(C)(C)c1ccc(N(C2=COC3(C)CCCCC23C)c2cc(C(C)(C)C)cc(N3c4ccc(N(c5ccc(C(C)(C)C)cc5)c5ccc(C(C)(C)C)cc5)cc4C4(C)CCCCC34C)c2Cl)cc1.CC(C)(C)c1ccc(N2C3=C(OC4(C)CCCCC34C)B3c4cc(N(c5ccc(C(C)(C)C)cc5)c5ccc(C(C)(C)C)cc5)cc5c4N(c4cc(C(C)(C)C)cc2c43)C2(C)CCCCC52C)cc1. The first-order valence-electron chi connectivity index (χ1n) is 52.9. The van der Waals surface area contributed by atoms with E-state index in [2.05, 4.69) is 457 Å². The lowest BCUT2D eigenvalue weighted by molar-refractivity contribution is -0.0559. The molecular formula is C128H162BClN6O2. The third-order valence-electron chi connectivity index (χ3n) is 36.5. The maximum absolute atomic E-state index is 8.27. The van der Waals surface area contributed by atoms with Crippen molar-refractivity contribution in [1.82, 2.24) is 0 Å². The van der Waals surface area contributed by atoms with Crippen LogP contribution in [0, 0.1) is 10.8 Å². The summed E-state index contributed by atoms with van der Waals surface area (Å²) in [4.78, 5) is 15.8. The average molecular weight is 1860 g/mol. The van der Waals surface area contributed by atoms with E-state index < -0.39 is 0 Å². The molecule has 4 saturated carbocycles. The topological polar surface area (TPSA) is 37.9 Å². The van der Waals surface area contributed by atoms with Crippen LogP contribution in [-0.4, -0.2) is 29.0 Å². The Hall–Kier alpha value is -9.57. The maximum atomic E-state index is 8.27. The summed E-state index contributed by atoms with van der Waals surface area (Å²) in [6.45, 7) is 75.8. The standard InChI is InChI=1S/C64H80BN3O.C64H82ClN3O/c1-57(2,3)41-21-27-45(28-22-41)66(46-29-23-42(24-30-46)58(4,5)6)48-39-49-54-50(40-48)65-53-51(37-44(60(10,11)12)38-52(53)68(54)63(15)35-19-17-33-61(49,63)13)67(47-31-25-43(26-32-47)59(7,8)9)55-56(65)69-64(16)36-20-18-34-62(55,64)14;1-57(2,3)43-21-27-47(28-22-43)66(48-29-23-44(24-30-48)58(4,5)6)50-33-34-52-51(41-50)61(13)35-17-19-37-63(61,15)68(52)54-40-46(60(10,11)12)39-53(56(54)65)67(49-31-25-45(26-32-49)59(7,8)9)55-42-69-64(16)38-20-18-36-62(55,64)14/h21-32,37-40H,17-20,33-36H2,1-16H3;21-34,39-42H,17-20,35-38H2,1-16H3. The number of fused-ring (bicyclic) bond motifs is 12. The minimum atomic E-state index is -0.325. The van der Waals surface area contributed by atoms with Gasteiger partial charge in [-0.1, -0.05) is 317 Å². The molecule has 10 heteroatoms. The molecule has 8 unspecified atom stereocenters. The Morgan fingerprint density at radius 1 is 0.304 bits per heavy atom. The second-order valence-corrected chi connectivity index (χ2v) is 54.1. The van der Waals surface area contributed by atoms with Gasteiger partial charge in [0, 0.05) is 79.1 Å². The number of rotatable bonds is 11. The van der Waals surface area contributed by atoms with Crippen molar-refractivity contribution in [3.63, 3.8) is 0 Å². The van der Waals surface area contributed by atoms with Gasteiger partial charge in [-0.05, 0) is 329 Å². The van der Waals surface area contributed by atoms with Crippen molar-refractivity contribution >= 4 is 109 Å². The molecule has 10 aliphatic rings. The zero-order valence-corrected chi connectivity index (χ0v) is 91.2. The van der Waals surface area contributed by atoms with Gasteiger partial charge in [0.2, 0.25) is 0 Å². The Labute approximate surface area is 837 Å². The van der Waals surface area contributed by atoms with Crippen LogP contribution in [0.15, 0.2) is 224 Å². The summed E-state index contributed by atoms with van der Waals surface area (Å²) >= 11 is 8.27. The average Bonchev–Trinajstić information content (AvgIpc) is 1.48. The van der Waals surface area contributed by atoms with Crippen molar-refractivity contribution in [2.75, 3.05) is 29.4 Å². The molecule has 726 valence electrons. The Kier molecular flexibility index (Phi) is 23.1. The van der Waals surface area contributed by atoms with E-state index in [0.29, 0.717) is 0 Å². The predicted octanol–water partition coefficient (Wildman–Crippen LogP) is 35.4. The molecule has 10 aromatic rings. The van der Waals surface area contributed by atoms with Gasteiger partial charge in [0.05, 0.1) is 55.4 Å². The zero-order valence-electron chi connectivity index (χ0n) is 90.4. The quantitative estimate of drug-likeness (QED) is 0.119. The van der Waals surface area contributed by atoms with Gasteiger partial charge in [0.25, 0.3) is 6.71 Å². The highest BCUT2D eigenvalue weighted by Crippen LogP contribution is 2.69. The molecule has 0 N–H and O–H groups in total. The first-order chi connectivity index (χ1) is 64.3. The molecule has 10 aromatic carbocycles. The van der Waals surface area contributed by atoms with E-state index in [1.165, 1.54) is 186 Å². The second kappa shape index (κ2) is 32.7. The molecule has 0 bridgehead atoms. The molecule has 6 aliphatic heterocycles. The maximum Gasteiger partial charge on any atom is 0.296 e. The van der Waals surface area contributed by atoms with E-state index in [1.54, 1.807) is 0 Å². The summed E-state index contributed by atoms with van der Waals surface area (Å²) in [5, 5.41) is 0.780. The van der Waals surface area contributed by atoms with Crippen LogP contribution in [0.3, 0.4) is 0 Å². The van der Waals surface area contributed by atoms with Crippen molar-refractivity contribution in [3.05, 3.63) is 284 Å². The van der Waals surface area contributed by atoms with Crippen LogP contribution in [0.1, 0.15) is 380 Å². The number of ether oxygens (including phenoxy) is 2. The molecule has 4 fully saturated rings. The first-order valence-corrected chi connectivity index (χ1v) is 53.3. The minimum absolute atomic E-state index is 0.0277. The third-order valence-corrected chi connectivity index (χ3v) is 36.9. The van der Waals surface area contributed by atoms with Crippen LogP contribution < -0.4 is 40.3 Å². The van der Waals surface area contributed by atoms with Gasteiger partial charge in [-0.15, -0.1) is 0 Å². The molecule has 0 aromatic heterocycles. The third kappa shape index (κ3) is 15.5. The van der Waals surface area contributed by atoms with E-state index >= 15 is 0 Å². The first kappa shape index (κ1) is 97.3. The fraction of sp³-hybridized carbons (Fsp3) is 0.500. The number of benzene rings is 10. The van der Waals surface area contributed by atoms with E-state index in [-0.39, 0.29) is 94.0 Å². The molecule has 0 amide bonds. The Balaban J connectivity index is 0.000000176. The van der Waals surface area contributed by atoms with Crippen molar-refractivity contribution in [3.8, 4) is 0 Å². The highest BCUT2D eigenvalue weighted by Gasteiger charge is 2.68. The highest BCUT2D eigenvalue weighted by molar-refractivity contribution is 6.95. The van der Waals surface area contributed by atoms with Crippen LogP contribution in [-0.2, 0) is 63.6 Å². The molecule has 6 heterocycles. The summed E-state index contributed by atoms with van der Waals surface area (Å²) in [5.41, 5.74) is 35.6. The van der Waals surface area contributed by atoms with Gasteiger partial charge in [-0.25, -0.2) is 0 Å². The highest BCUT2D eigenvalue weighted by atomic mass is 35.5. The molecular weight excluding hydrogens is 1700 g/mol. The van der Waals surface area contributed by atoms with E-state index in [0.717, 1.165) is 84.8 Å². The fourth-order valence-corrected chi connectivity index (χ4v) is 26.8. The molecule has 0 spiro atoms. The molecule has 4 aliphatic carbocycles. The van der Waals surface area contributed by atoms with Gasteiger partial charge in [0.1, 0.15) is 17.5 Å². The van der Waals surface area contributed by atoms with Crippen molar-refractivity contribution in [1.29, 1.82) is 0 Å². The number of hydrogen-bond acceptors (Lipinski definition) is 8. The molecule has 138 heavy (non-hydrogen) atoms. The zero-order chi connectivity index (χ0) is 99.1. The summed E-state index contributed by atoms with van der Waals surface area (Å²) in [6.07, 6.45) is 20.4. The number of anilines is 14. The van der Waals surface area contributed by atoms with Crippen LogP contribution >= 0.6 is 11.6 Å². The minimum Gasteiger partial charge on any atom is -0.498 e. The number of nitrogens with zero attached hydrogens (tertiary/aromatic N) is 6. The summed E-state index contributed by atoms with van der Waals surface area (Å²) in [6, 6.07) is 78.9. The molecule has 20 rings (SSSR count). The van der Waals surface area contributed by atoms with Crippen molar-refractivity contribution in [2.45, 2.75) is 401 Å². The van der Waals surface area contributed by atoms with Gasteiger partial charge in [0.15, 0.2) is 0 Å². The summed E-state index contributed by atoms with van der Waals surface area (Å²) in [5.74, 6) is 0. The Bertz CT molecular complexity index is 6340. The lowest BCUT2D eigenvalue weighted by Gasteiger charge is -2.53. The van der Waals surface area contributed by atoms with E-state index in [9.17, 15) is 0 Å². The summed E-state index contributed by atoms with van der Waals surface area (Å²) < 4.78 is 14.8. The van der Waals surface area contributed by atoms with Crippen molar-refractivity contribution < 1.29 is 9.47 Å². The molecule has 0 radical (unpaired) electrons. The Morgan fingerprint density at radius 2 is 0.652 bits per heavy atom. The van der Waals surface area contributed by atoms with E-state index in [1.807, 2.05) is 0 Å². The lowest BCUT2D eigenvalue weighted by Crippen LogP contribution is -2.61. The Morgan fingerprint density at radius 3 is 1.10 bits per heavy atom. The van der Waals surface area contributed by atoms with Gasteiger partial charge >= 0.3 is 0 Å². The van der Waals surface area contributed by atoms with Crippen LogP contribution in [0.4, 0.5) is 79.6 Å².